The second kappa shape index (κ2) is 6.50. The van der Waals surface area contributed by atoms with Crippen LogP contribution in [0.25, 0.3) is 0 Å². The van der Waals surface area contributed by atoms with E-state index in [0.29, 0.717) is 18.5 Å². The van der Waals surface area contributed by atoms with Gasteiger partial charge in [-0.3, -0.25) is 0 Å². The first-order valence-corrected chi connectivity index (χ1v) is 8.77. The lowest BCUT2D eigenvalue weighted by Gasteiger charge is -2.34. The van der Waals surface area contributed by atoms with Crippen molar-refractivity contribution in [3.05, 3.63) is 35.6 Å². The van der Waals surface area contributed by atoms with Gasteiger partial charge in [0.1, 0.15) is 5.82 Å². The van der Waals surface area contributed by atoms with Gasteiger partial charge in [0.2, 0.25) is 0 Å². The number of nitrogens with zero attached hydrogens (tertiary/aromatic N) is 1. The highest BCUT2D eigenvalue weighted by Gasteiger charge is 2.44. The third-order valence-corrected chi connectivity index (χ3v) is 5.66. The van der Waals surface area contributed by atoms with E-state index in [2.05, 4.69) is 12.2 Å². The number of rotatable bonds is 4. The van der Waals surface area contributed by atoms with Gasteiger partial charge < -0.3 is 10.2 Å². The maximum atomic E-state index is 13.1. The van der Waals surface area contributed by atoms with Crippen molar-refractivity contribution < 1.29 is 9.18 Å². The highest BCUT2D eigenvalue weighted by molar-refractivity contribution is 5.74. The van der Waals surface area contributed by atoms with Gasteiger partial charge in [0.15, 0.2) is 0 Å². The Morgan fingerprint density at radius 2 is 2.00 bits per heavy atom. The summed E-state index contributed by atoms with van der Waals surface area (Å²) in [4.78, 5) is 14.3. The number of benzene rings is 1. The Bertz CT molecular complexity index is 553. The Morgan fingerprint density at radius 3 is 2.61 bits per heavy atom. The minimum Gasteiger partial charge on any atom is -0.337 e. The lowest BCUT2D eigenvalue weighted by molar-refractivity contribution is 0.159. The van der Waals surface area contributed by atoms with Crippen LogP contribution in [0.3, 0.4) is 0 Å². The van der Waals surface area contributed by atoms with E-state index in [-0.39, 0.29) is 17.3 Å². The number of amides is 2. The molecule has 1 N–H and O–H groups in total. The maximum Gasteiger partial charge on any atom is 0.317 e. The van der Waals surface area contributed by atoms with E-state index >= 15 is 0 Å². The molecule has 2 fully saturated rings. The molecule has 2 amide bonds. The molecule has 2 aliphatic carbocycles. The topological polar surface area (TPSA) is 32.3 Å². The van der Waals surface area contributed by atoms with Crippen LogP contribution in [0.1, 0.15) is 51.0 Å². The van der Waals surface area contributed by atoms with Gasteiger partial charge in [-0.2, -0.15) is 0 Å². The van der Waals surface area contributed by atoms with Crippen molar-refractivity contribution in [3.63, 3.8) is 0 Å². The first-order chi connectivity index (χ1) is 11.0. The molecule has 2 aliphatic rings. The second-order valence-electron chi connectivity index (χ2n) is 7.48. The monoisotopic (exact) mass is 318 g/mol. The number of carbonyl (C=O) groups is 1. The minimum atomic E-state index is -0.209. The fraction of sp³-hybridized carbons (Fsp3) is 0.632. The molecule has 3 rings (SSSR count). The van der Waals surface area contributed by atoms with Crippen LogP contribution in [-0.4, -0.2) is 30.6 Å². The molecule has 2 atom stereocenters. The van der Waals surface area contributed by atoms with E-state index in [0.717, 1.165) is 31.2 Å². The minimum absolute atomic E-state index is 0.0179. The van der Waals surface area contributed by atoms with Crippen LogP contribution in [0.2, 0.25) is 0 Å². The maximum absolute atomic E-state index is 13.1. The SMILES string of the molecule is CC1CCCC(N(C)C(=O)NCC2(c3ccc(F)cc3)CC2)C1. The first-order valence-electron chi connectivity index (χ1n) is 8.77. The Kier molecular flexibility index (Phi) is 4.60. The molecule has 4 heteroatoms. The third kappa shape index (κ3) is 3.67. The summed E-state index contributed by atoms with van der Waals surface area (Å²) >= 11 is 0. The van der Waals surface area contributed by atoms with Crippen molar-refractivity contribution in [1.82, 2.24) is 10.2 Å². The summed E-state index contributed by atoms with van der Waals surface area (Å²) in [6.07, 6.45) is 6.82. The predicted octanol–water partition coefficient (Wildman–Crippen LogP) is 4.08. The number of halogens is 1. The standard InChI is InChI=1S/C19H27FN2O/c1-14-4-3-5-17(12-14)22(2)18(23)21-13-19(10-11-19)15-6-8-16(20)9-7-15/h6-9,14,17H,3-5,10-13H2,1-2H3,(H,21,23). The van der Waals surface area contributed by atoms with Gasteiger partial charge in [0, 0.05) is 25.0 Å². The molecule has 23 heavy (non-hydrogen) atoms. The highest BCUT2D eigenvalue weighted by Crippen LogP contribution is 2.47. The largest absolute Gasteiger partial charge is 0.337 e. The van der Waals surface area contributed by atoms with Crippen molar-refractivity contribution in [2.75, 3.05) is 13.6 Å². The number of carbonyl (C=O) groups excluding carboxylic acids is 1. The zero-order chi connectivity index (χ0) is 16.4. The number of urea groups is 1. The third-order valence-electron chi connectivity index (χ3n) is 5.66. The molecular formula is C19H27FN2O. The number of hydrogen-bond acceptors (Lipinski definition) is 1. The Morgan fingerprint density at radius 1 is 1.30 bits per heavy atom. The van der Waals surface area contributed by atoms with Crippen LogP contribution >= 0.6 is 0 Å². The molecule has 0 saturated heterocycles. The second-order valence-corrected chi connectivity index (χ2v) is 7.48. The summed E-state index contributed by atoms with van der Waals surface area (Å²) in [5, 5.41) is 3.10. The molecule has 0 heterocycles. The molecule has 0 aliphatic heterocycles. The van der Waals surface area contributed by atoms with Gasteiger partial charge in [-0.25, -0.2) is 9.18 Å². The number of hydrogen-bond donors (Lipinski definition) is 1. The normalized spacial score (nSPS) is 25.7. The average molecular weight is 318 g/mol. The number of nitrogens with one attached hydrogen (secondary N) is 1. The van der Waals surface area contributed by atoms with Crippen LogP contribution in [-0.2, 0) is 5.41 Å². The van der Waals surface area contributed by atoms with Crippen LogP contribution < -0.4 is 5.32 Å². The van der Waals surface area contributed by atoms with Gasteiger partial charge in [-0.1, -0.05) is 31.9 Å². The molecule has 3 nitrogen and oxygen atoms in total. The lowest BCUT2D eigenvalue weighted by Crippen LogP contribution is -2.47. The molecule has 0 radical (unpaired) electrons. The highest BCUT2D eigenvalue weighted by atomic mass is 19.1. The molecular weight excluding hydrogens is 291 g/mol. The smallest absolute Gasteiger partial charge is 0.317 e. The van der Waals surface area contributed by atoms with Crippen molar-refractivity contribution >= 4 is 6.03 Å². The molecule has 2 saturated carbocycles. The van der Waals surface area contributed by atoms with E-state index in [1.807, 2.05) is 24.1 Å². The van der Waals surface area contributed by atoms with Crippen molar-refractivity contribution in [1.29, 1.82) is 0 Å². The van der Waals surface area contributed by atoms with Crippen molar-refractivity contribution in [2.45, 2.75) is 56.9 Å². The van der Waals surface area contributed by atoms with Gasteiger partial charge in [-0.05, 0) is 49.3 Å². The molecule has 1 aromatic carbocycles. The first kappa shape index (κ1) is 16.3. The van der Waals surface area contributed by atoms with E-state index in [1.54, 1.807) is 0 Å². The van der Waals surface area contributed by atoms with Crippen LogP contribution in [0.4, 0.5) is 9.18 Å². The quantitative estimate of drug-likeness (QED) is 0.891. The summed E-state index contributed by atoms with van der Waals surface area (Å²) in [6, 6.07) is 7.10. The zero-order valence-electron chi connectivity index (χ0n) is 14.1. The van der Waals surface area contributed by atoms with Crippen LogP contribution in [0, 0.1) is 11.7 Å². The summed E-state index contributed by atoms with van der Waals surface area (Å²) in [5.41, 5.74) is 1.15. The predicted molar refractivity (Wildman–Crippen MR) is 89.9 cm³/mol. The molecule has 2 unspecified atom stereocenters. The molecule has 0 bridgehead atoms. The summed E-state index contributed by atoms with van der Waals surface area (Å²) < 4.78 is 13.1. The zero-order valence-corrected chi connectivity index (χ0v) is 14.1. The fourth-order valence-corrected chi connectivity index (χ4v) is 3.81. The van der Waals surface area contributed by atoms with E-state index in [4.69, 9.17) is 0 Å². The Labute approximate surface area is 138 Å². The summed E-state index contributed by atoms with van der Waals surface area (Å²) in [7, 11) is 1.91. The van der Waals surface area contributed by atoms with Gasteiger partial charge in [0.25, 0.3) is 0 Å². The van der Waals surface area contributed by atoms with E-state index in [9.17, 15) is 9.18 Å². The van der Waals surface area contributed by atoms with Crippen LogP contribution in [0.15, 0.2) is 24.3 Å². The average Bonchev–Trinajstić information content (AvgIpc) is 3.33. The van der Waals surface area contributed by atoms with E-state index in [1.165, 1.54) is 25.0 Å². The fourth-order valence-electron chi connectivity index (χ4n) is 3.81. The summed E-state index contributed by atoms with van der Waals surface area (Å²) in [6.45, 7) is 2.91. The lowest BCUT2D eigenvalue weighted by atomic mass is 9.86. The molecule has 1 aromatic rings. The Balaban J connectivity index is 1.55. The molecule has 0 aromatic heterocycles. The molecule has 0 spiro atoms. The van der Waals surface area contributed by atoms with Crippen LogP contribution in [0.5, 0.6) is 0 Å². The van der Waals surface area contributed by atoms with Gasteiger partial charge in [-0.15, -0.1) is 0 Å². The van der Waals surface area contributed by atoms with Crippen molar-refractivity contribution in [3.8, 4) is 0 Å². The van der Waals surface area contributed by atoms with Crippen molar-refractivity contribution in [2.24, 2.45) is 5.92 Å². The van der Waals surface area contributed by atoms with Gasteiger partial charge >= 0.3 is 6.03 Å². The van der Waals surface area contributed by atoms with Gasteiger partial charge in [0.05, 0.1) is 0 Å². The van der Waals surface area contributed by atoms with E-state index < -0.39 is 0 Å². The molecule has 126 valence electrons. The Hall–Kier alpha value is -1.58. The summed E-state index contributed by atoms with van der Waals surface area (Å²) in [5.74, 6) is 0.498.